The summed E-state index contributed by atoms with van der Waals surface area (Å²) in [4.78, 5) is 4.28. The summed E-state index contributed by atoms with van der Waals surface area (Å²) < 4.78 is 5.75. The molecule has 3 heteroatoms. The molecule has 0 aliphatic heterocycles. The molecule has 2 rings (SSSR count). The highest BCUT2D eigenvalue weighted by Crippen LogP contribution is 2.29. The number of ether oxygens (including phenoxy) is 1. The summed E-state index contributed by atoms with van der Waals surface area (Å²) in [6.45, 7) is 6.71. The van der Waals surface area contributed by atoms with E-state index in [0.29, 0.717) is 5.88 Å². The van der Waals surface area contributed by atoms with E-state index in [1.165, 1.54) is 5.56 Å². The quantitative estimate of drug-likeness (QED) is 0.678. The van der Waals surface area contributed by atoms with E-state index in [4.69, 9.17) is 4.74 Å². The lowest BCUT2D eigenvalue weighted by Gasteiger charge is -2.23. The van der Waals surface area contributed by atoms with Crippen LogP contribution in [-0.2, 0) is 10.7 Å². The van der Waals surface area contributed by atoms with E-state index in [1.54, 1.807) is 0 Å². The van der Waals surface area contributed by atoms with Crippen LogP contribution in [0.5, 0.6) is 11.6 Å². The molecular weight excluding hydrogens is 314 g/mol. The normalized spacial score (nSPS) is 11.4. The topological polar surface area (TPSA) is 22.1 Å². The van der Waals surface area contributed by atoms with Gasteiger partial charge in [-0.1, -0.05) is 54.9 Å². The van der Waals surface area contributed by atoms with E-state index in [0.717, 1.165) is 23.1 Å². The van der Waals surface area contributed by atoms with Crippen LogP contribution in [-0.4, -0.2) is 4.98 Å². The molecule has 0 fully saturated rings. The van der Waals surface area contributed by atoms with Gasteiger partial charge < -0.3 is 4.74 Å². The van der Waals surface area contributed by atoms with Crippen molar-refractivity contribution in [2.24, 2.45) is 0 Å². The van der Waals surface area contributed by atoms with Crippen LogP contribution in [0.2, 0.25) is 0 Å². The molecule has 2 aromatic rings. The third kappa shape index (κ3) is 3.60. The Morgan fingerprint density at radius 1 is 1.10 bits per heavy atom. The maximum absolute atomic E-state index is 5.75. The highest BCUT2D eigenvalue weighted by atomic mass is 79.9. The summed E-state index contributed by atoms with van der Waals surface area (Å²) >= 11 is 3.40. The first-order chi connectivity index (χ1) is 9.55. The van der Waals surface area contributed by atoms with Gasteiger partial charge in [-0.3, -0.25) is 0 Å². The van der Waals surface area contributed by atoms with Crippen molar-refractivity contribution in [2.75, 3.05) is 0 Å². The molecule has 2 nitrogen and oxygen atoms in total. The van der Waals surface area contributed by atoms with Crippen LogP contribution in [0.3, 0.4) is 0 Å². The SMILES string of the molecule is CCC(C)(C)c1ccc(Oc2ccc(CBr)cn2)cc1. The minimum Gasteiger partial charge on any atom is -0.439 e. The number of halogens is 1. The van der Waals surface area contributed by atoms with Crippen molar-refractivity contribution < 1.29 is 4.74 Å². The van der Waals surface area contributed by atoms with Gasteiger partial charge in [-0.15, -0.1) is 0 Å². The fourth-order valence-corrected chi connectivity index (χ4v) is 2.18. The van der Waals surface area contributed by atoms with Crippen LogP contribution >= 0.6 is 15.9 Å². The van der Waals surface area contributed by atoms with Gasteiger partial charge in [-0.25, -0.2) is 4.98 Å². The largest absolute Gasteiger partial charge is 0.439 e. The summed E-state index contributed by atoms with van der Waals surface area (Å²) in [7, 11) is 0. The highest BCUT2D eigenvalue weighted by Gasteiger charge is 2.17. The molecule has 0 spiro atoms. The van der Waals surface area contributed by atoms with Crippen LogP contribution in [0.1, 0.15) is 38.3 Å². The summed E-state index contributed by atoms with van der Waals surface area (Å²) in [5, 5.41) is 0.807. The maximum Gasteiger partial charge on any atom is 0.219 e. The molecule has 20 heavy (non-hydrogen) atoms. The zero-order valence-electron chi connectivity index (χ0n) is 12.2. The van der Waals surface area contributed by atoms with Crippen LogP contribution in [0, 0.1) is 0 Å². The summed E-state index contributed by atoms with van der Waals surface area (Å²) in [6.07, 6.45) is 2.93. The van der Waals surface area contributed by atoms with E-state index in [-0.39, 0.29) is 5.41 Å². The molecule has 1 heterocycles. The average Bonchev–Trinajstić information content (AvgIpc) is 2.48. The highest BCUT2D eigenvalue weighted by molar-refractivity contribution is 9.08. The first-order valence-corrected chi connectivity index (χ1v) is 7.96. The first kappa shape index (κ1) is 15.0. The molecule has 0 amide bonds. The van der Waals surface area contributed by atoms with Crippen LogP contribution in [0.4, 0.5) is 0 Å². The fourth-order valence-electron chi connectivity index (χ4n) is 1.85. The monoisotopic (exact) mass is 333 g/mol. The Bertz CT molecular complexity index is 546. The van der Waals surface area contributed by atoms with E-state index in [1.807, 2.05) is 30.5 Å². The van der Waals surface area contributed by atoms with Crippen molar-refractivity contribution in [1.82, 2.24) is 4.98 Å². The zero-order valence-corrected chi connectivity index (χ0v) is 13.8. The van der Waals surface area contributed by atoms with Gasteiger partial charge in [0.15, 0.2) is 0 Å². The van der Waals surface area contributed by atoms with Gasteiger partial charge >= 0.3 is 0 Å². The Kier molecular flexibility index (Phi) is 4.81. The fraction of sp³-hybridized carbons (Fsp3) is 0.353. The minimum absolute atomic E-state index is 0.203. The lowest BCUT2D eigenvalue weighted by atomic mass is 9.82. The molecule has 1 aromatic heterocycles. The van der Waals surface area contributed by atoms with Crippen molar-refractivity contribution >= 4 is 15.9 Å². The molecular formula is C17H20BrNO. The van der Waals surface area contributed by atoms with Crippen LogP contribution in [0.25, 0.3) is 0 Å². The second-order valence-electron chi connectivity index (χ2n) is 5.50. The van der Waals surface area contributed by atoms with E-state index in [2.05, 4.69) is 53.8 Å². The van der Waals surface area contributed by atoms with Gasteiger partial charge in [0.2, 0.25) is 5.88 Å². The Morgan fingerprint density at radius 3 is 2.30 bits per heavy atom. The molecule has 106 valence electrons. The standard InChI is InChI=1S/C17H20BrNO/c1-4-17(2,3)14-6-8-15(9-7-14)20-16-10-5-13(11-18)12-19-16/h5-10,12H,4,11H2,1-3H3. The number of aromatic nitrogens is 1. The number of nitrogens with zero attached hydrogens (tertiary/aromatic N) is 1. The Labute approximate surface area is 129 Å². The smallest absolute Gasteiger partial charge is 0.219 e. The van der Waals surface area contributed by atoms with Crippen molar-refractivity contribution in [3.63, 3.8) is 0 Å². The zero-order chi connectivity index (χ0) is 14.6. The third-order valence-corrected chi connectivity index (χ3v) is 4.34. The maximum atomic E-state index is 5.75. The van der Waals surface area contributed by atoms with Crippen molar-refractivity contribution in [1.29, 1.82) is 0 Å². The predicted octanol–water partition coefficient (Wildman–Crippen LogP) is 5.46. The molecule has 0 saturated heterocycles. The molecule has 0 aliphatic carbocycles. The van der Waals surface area contributed by atoms with Gasteiger partial charge in [-0.05, 0) is 35.1 Å². The summed E-state index contributed by atoms with van der Waals surface area (Å²) in [6, 6.07) is 12.2. The summed E-state index contributed by atoms with van der Waals surface area (Å²) in [5.41, 5.74) is 2.67. The van der Waals surface area contributed by atoms with Crippen LogP contribution < -0.4 is 4.74 Å². The number of rotatable bonds is 5. The minimum atomic E-state index is 0.203. The van der Waals surface area contributed by atoms with Crippen molar-refractivity contribution in [3.05, 3.63) is 53.7 Å². The summed E-state index contributed by atoms with van der Waals surface area (Å²) in [5.74, 6) is 1.44. The molecule has 0 bridgehead atoms. The van der Waals surface area contributed by atoms with Gasteiger partial charge in [0, 0.05) is 17.6 Å². The van der Waals surface area contributed by atoms with Gasteiger partial charge in [0.1, 0.15) is 5.75 Å². The number of benzene rings is 1. The van der Waals surface area contributed by atoms with Gasteiger partial charge in [-0.2, -0.15) is 0 Å². The number of alkyl halides is 1. The molecule has 0 radical (unpaired) electrons. The van der Waals surface area contributed by atoms with Gasteiger partial charge in [0.25, 0.3) is 0 Å². The van der Waals surface area contributed by atoms with E-state index >= 15 is 0 Å². The average molecular weight is 334 g/mol. The van der Waals surface area contributed by atoms with Crippen LogP contribution in [0.15, 0.2) is 42.6 Å². The van der Waals surface area contributed by atoms with E-state index < -0.39 is 0 Å². The van der Waals surface area contributed by atoms with Crippen molar-refractivity contribution in [3.8, 4) is 11.6 Å². The lowest BCUT2D eigenvalue weighted by molar-refractivity contribution is 0.460. The Morgan fingerprint density at radius 2 is 1.80 bits per heavy atom. The molecule has 0 unspecified atom stereocenters. The number of hydrogen-bond donors (Lipinski definition) is 0. The second-order valence-corrected chi connectivity index (χ2v) is 6.06. The number of hydrogen-bond acceptors (Lipinski definition) is 2. The van der Waals surface area contributed by atoms with Gasteiger partial charge in [0.05, 0.1) is 0 Å². The number of pyridine rings is 1. The molecule has 0 atom stereocenters. The molecule has 0 saturated carbocycles. The molecule has 1 aromatic carbocycles. The second kappa shape index (κ2) is 6.40. The van der Waals surface area contributed by atoms with Crippen molar-refractivity contribution in [2.45, 2.75) is 37.9 Å². The molecule has 0 N–H and O–H groups in total. The molecule has 0 aliphatic rings. The Balaban J connectivity index is 2.10. The first-order valence-electron chi connectivity index (χ1n) is 6.84. The third-order valence-electron chi connectivity index (χ3n) is 3.69. The van der Waals surface area contributed by atoms with E-state index in [9.17, 15) is 0 Å². The Hall–Kier alpha value is -1.35. The lowest BCUT2D eigenvalue weighted by Crippen LogP contribution is -2.14. The predicted molar refractivity (Wildman–Crippen MR) is 86.7 cm³/mol.